The van der Waals surface area contributed by atoms with E-state index in [4.69, 9.17) is 0 Å². The molecule has 0 N–H and O–H groups in total. The summed E-state index contributed by atoms with van der Waals surface area (Å²) in [5.74, 6) is 13.4. The molecule has 0 aliphatic rings. The molecular formula is C34H38. The summed E-state index contributed by atoms with van der Waals surface area (Å²) in [6, 6.07) is 23.8. The Labute approximate surface area is 207 Å². The topological polar surface area (TPSA) is 0 Å². The molecule has 0 aliphatic carbocycles. The Morgan fingerprint density at radius 2 is 0.971 bits per heavy atom. The number of benzene rings is 3. The number of aryl methyl sites for hydroxylation is 3. The Balaban J connectivity index is 1.65. The van der Waals surface area contributed by atoms with Crippen LogP contribution in [-0.2, 0) is 19.3 Å². The highest BCUT2D eigenvalue weighted by Crippen LogP contribution is 2.14. The molecule has 0 amide bonds. The first kappa shape index (κ1) is 25.4. The number of hydrogen-bond donors (Lipinski definition) is 0. The summed E-state index contributed by atoms with van der Waals surface area (Å²) in [7, 11) is 0. The number of rotatable bonds is 9. The van der Waals surface area contributed by atoms with Gasteiger partial charge in [0.2, 0.25) is 0 Å². The summed E-state index contributed by atoms with van der Waals surface area (Å²) >= 11 is 0. The molecule has 3 aromatic carbocycles. The van der Waals surface area contributed by atoms with Crippen molar-refractivity contribution in [2.45, 2.75) is 78.6 Å². The Morgan fingerprint density at radius 3 is 1.47 bits per heavy atom. The van der Waals surface area contributed by atoms with E-state index in [1.165, 1.54) is 55.2 Å². The van der Waals surface area contributed by atoms with Crippen LogP contribution in [0.4, 0.5) is 0 Å². The third-order valence-corrected chi connectivity index (χ3v) is 6.22. The maximum atomic E-state index is 3.38. The van der Waals surface area contributed by atoms with E-state index in [0.29, 0.717) is 0 Å². The van der Waals surface area contributed by atoms with Crippen LogP contribution in [0.5, 0.6) is 0 Å². The predicted octanol–water partition coefficient (Wildman–Crippen LogP) is 8.51. The molecule has 0 saturated heterocycles. The van der Waals surface area contributed by atoms with Gasteiger partial charge in [-0.3, -0.25) is 0 Å². The standard InChI is InChI=1S/C34H38/c1-4-7-9-11-28-13-17-30(18-14-28)21-22-32-24-26-34(33(6-3)27-32)25-23-31-19-15-29(16-20-31)12-10-8-5-2/h13-20,24,26-27H,4-12H2,1-3H3. The summed E-state index contributed by atoms with van der Waals surface area (Å²) in [6.07, 6.45) is 10.9. The van der Waals surface area contributed by atoms with E-state index in [9.17, 15) is 0 Å². The van der Waals surface area contributed by atoms with Gasteiger partial charge < -0.3 is 0 Å². The summed E-state index contributed by atoms with van der Waals surface area (Å²) < 4.78 is 0. The molecule has 174 valence electrons. The molecule has 3 aromatic rings. The van der Waals surface area contributed by atoms with Crippen molar-refractivity contribution in [1.82, 2.24) is 0 Å². The fourth-order valence-electron chi connectivity index (χ4n) is 4.04. The molecule has 0 nitrogen and oxygen atoms in total. The molecule has 0 aliphatic heterocycles. The average Bonchev–Trinajstić information content (AvgIpc) is 2.88. The number of unbranched alkanes of at least 4 members (excludes halogenated alkanes) is 4. The van der Waals surface area contributed by atoms with Crippen LogP contribution in [0.1, 0.15) is 98.2 Å². The zero-order valence-corrected chi connectivity index (χ0v) is 21.2. The Hall–Kier alpha value is -3.22. The van der Waals surface area contributed by atoms with Gasteiger partial charge in [0, 0.05) is 22.3 Å². The van der Waals surface area contributed by atoms with Crippen LogP contribution in [0.3, 0.4) is 0 Å². The summed E-state index contributed by atoms with van der Waals surface area (Å²) in [5.41, 5.74) is 8.34. The largest absolute Gasteiger partial charge is 0.0654 e. The molecule has 0 radical (unpaired) electrons. The van der Waals surface area contributed by atoms with Crippen molar-refractivity contribution in [3.05, 3.63) is 106 Å². The molecule has 0 heteroatoms. The lowest BCUT2D eigenvalue weighted by atomic mass is 10.0. The monoisotopic (exact) mass is 446 g/mol. The first-order valence-corrected chi connectivity index (χ1v) is 13.1. The first-order chi connectivity index (χ1) is 16.7. The Morgan fingerprint density at radius 1 is 0.500 bits per heavy atom. The van der Waals surface area contributed by atoms with Crippen molar-refractivity contribution in [2.75, 3.05) is 0 Å². The molecule has 0 unspecified atom stereocenters. The minimum Gasteiger partial charge on any atom is -0.0654 e. The second kappa shape index (κ2) is 14.1. The third kappa shape index (κ3) is 8.28. The maximum absolute atomic E-state index is 3.38. The molecule has 0 fully saturated rings. The molecule has 34 heavy (non-hydrogen) atoms. The van der Waals surface area contributed by atoms with Gasteiger partial charge in [-0.05, 0) is 91.3 Å². The van der Waals surface area contributed by atoms with Crippen LogP contribution in [0.15, 0.2) is 66.7 Å². The van der Waals surface area contributed by atoms with Crippen molar-refractivity contribution < 1.29 is 0 Å². The van der Waals surface area contributed by atoms with Gasteiger partial charge in [-0.1, -0.05) is 94.4 Å². The lowest BCUT2D eigenvalue weighted by Gasteiger charge is -2.03. The van der Waals surface area contributed by atoms with Gasteiger partial charge in [-0.2, -0.15) is 0 Å². The van der Waals surface area contributed by atoms with Gasteiger partial charge in [0.1, 0.15) is 0 Å². The third-order valence-electron chi connectivity index (χ3n) is 6.22. The van der Waals surface area contributed by atoms with Gasteiger partial charge in [-0.15, -0.1) is 0 Å². The Bertz CT molecular complexity index is 1140. The van der Waals surface area contributed by atoms with E-state index in [2.05, 4.69) is 111 Å². The summed E-state index contributed by atoms with van der Waals surface area (Å²) in [6.45, 7) is 6.67. The predicted molar refractivity (Wildman–Crippen MR) is 147 cm³/mol. The fraction of sp³-hybridized carbons (Fsp3) is 0.353. The average molecular weight is 447 g/mol. The van der Waals surface area contributed by atoms with Crippen LogP contribution in [0.2, 0.25) is 0 Å². The summed E-state index contributed by atoms with van der Waals surface area (Å²) in [4.78, 5) is 0. The second-order valence-electron chi connectivity index (χ2n) is 9.03. The molecular weight excluding hydrogens is 408 g/mol. The first-order valence-electron chi connectivity index (χ1n) is 13.1. The van der Waals surface area contributed by atoms with Gasteiger partial charge in [0.05, 0.1) is 0 Å². The second-order valence-corrected chi connectivity index (χ2v) is 9.03. The lowest BCUT2D eigenvalue weighted by Crippen LogP contribution is -1.90. The fourth-order valence-corrected chi connectivity index (χ4v) is 4.04. The molecule has 0 atom stereocenters. The zero-order chi connectivity index (χ0) is 24.0. The highest BCUT2D eigenvalue weighted by molar-refractivity contribution is 5.52. The van der Waals surface area contributed by atoms with Crippen molar-refractivity contribution in [3.8, 4) is 23.7 Å². The van der Waals surface area contributed by atoms with Crippen molar-refractivity contribution in [1.29, 1.82) is 0 Å². The highest BCUT2D eigenvalue weighted by atomic mass is 14.0. The Kier molecular flexibility index (Phi) is 10.6. The zero-order valence-electron chi connectivity index (χ0n) is 21.2. The van der Waals surface area contributed by atoms with E-state index in [1.807, 2.05) is 0 Å². The van der Waals surface area contributed by atoms with Crippen LogP contribution in [0.25, 0.3) is 0 Å². The van der Waals surface area contributed by atoms with Crippen molar-refractivity contribution >= 4 is 0 Å². The minimum atomic E-state index is 0.947. The molecule has 3 rings (SSSR count). The summed E-state index contributed by atoms with van der Waals surface area (Å²) in [5, 5.41) is 0. The molecule has 0 saturated carbocycles. The van der Waals surface area contributed by atoms with Crippen molar-refractivity contribution in [3.63, 3.8) is 0 Å². The smallest absolute Gasteiger partial charge is 0.0281 e. The van der Waals surface area contributed by atoms with Gasteiger partial charge >= 0.3 is 0 Å². The highest BCUT2D eigenvalue weighted by Gasteiger charge is 2.00. The van der Waals surface area contributed by atoms with E-state index in [0.717, 1.165) is 41.5 Å². The molecule has 0 spiro atoms. The van der Waals surface area contributed by atoms with Crippen LogP contribution in [0, 0.1) is 23.7 Å². The maximum Gasteiger partial charge on any atom is 0.0281 e. The van der Waals surface area contributed by atoms with E-state index in [-0.39, 0.29) is 0 Å². The van der Waals surface area contributed by atoms with Gasteiger partial charge in [0.25, 0.3) is 0 Å². The van der Waals surface area contributed by atoms with Crippen LogP contribution < -0.4 is 0 Å². The number of hydrogen-bond acceptors (Lipinski definition) is 0. The molecule has 0 heterocycles. The van der Waals surface area contributed by atoms with Crippen LogP contribution in [-0.4, -0.2) is 0 Å². The minimum absolute atomic E-state index is 0.947. The van der Waals surface area contributed by atoms with Crippen LogP contribution >= 0.6 is 0 Å². The van der Waals surface area contributed by atoms with Gasteiger partial charge in [0.15, 0.2) is 0 Å². The lowest BCUT2D eigenvalue weighted by molar-refractivity contribution is 0.717. The molecule has 0 aromatic heterocycles. The molecule has 0 bridgehead atoms. The van der Waals surface area contributed by atoms with E-state index < -0.39 is 0 Å². The SMILES string of the molecule is CCCCCc1ccc(C#Cc2ccc(C#Cc3ccc(CCCCC)cc3)c(CC)c2)cc1. The quantitative estimate of drug-likeness (QED) is 0.228. The normalized spacial score (nSPS) is 10.2. The van der Waals surface area contributed by atoms with Gasteiger partial charge in [-0.25, -0.2) is 0 Å². The van der Waals surface area contributed by atoms with E-state index in [1.54, 1.807) is 0 Å². The van der Waals surface area contributed by atoms with Crippen molar-refractivity contribution in [2.24, 2.45) is 0 Å². The van der Waals surface area contributed by atoms with E-state index >= 15 is 0 Å².